The molecular weight excluding hydrogens is 382 g/mol. The first-order chi connectivity index (χ1) is 12.8. The van der Waals surface area contributed by atoms with Gasteiger partial charge in [-0.3, -0.25) is 9.10 Å². The van der Waals surface area contributed by atoms with Crippen molar-refractivity contribution in [2.75, 3.05) is 23.7 Å². The molecule has 0 N–H and O–H groups in total. The molecule has 0 heterocycles. The number of carbonyl (C=O) groups excluding carboxylic acids is 1. The summed E-state index contributed by atoms with van der Waals surface area (Å²) in [5.41, 5.74) is 1.53. The van der Waals surface area contributed by atoms with Crippen molar-refractivity contribution in [3.63, 3.8) is 0 Å². The summed E-state index contributed by atoms with van der Waals surface area (Å²) in [4.78, 5) is 13.2. The van der Waals surface area contributed by atoms with Gasteiger partial charge in [0.15, 0.2) is 0 Å². The SMILES string of the molecule is CCOC(=O)CN(c1ccc(C(C)C)cc1)S(=O)(=O)c1ccc(SC)cc1. The summed E-state index contributed by atoms with van der Waals surface area (Å²) in [6.07, 6.45) is 1.92. The van der Waals surface area contributed by atoms with Crippen molar-refractivity contribution in [2.24, 2.45) is 0 Å². The number of esters is 1. The van der Waals surface area contributed by atoms with Crippen molar-refractivity contribution in [3.05, 3.63) is 54.1 Å². The number of rotatable bonds is 8. The van der Waals surface area contributed by atoms with E-state index < -0.39 is 16.0 Å². The number of benzene rings is 2. The van der Waals surface area contributed by atoms with Crippen LogP contribution in [0.3, 0.4) is 0 Å². The van der Waals surface area contributed by atoms with E-state index in [-0.39, 0.29) is 18.0 Å². The minimum atomic E-state index is -3.90. The third-order valence-electron chi connectivity index (χ3n) is 4.07. The van der Waals surface area contributed by atoms with Gasteiger partial charge in [0, 0.05) is 4.90 Å². The van der Waals surface area contributed by atoms with Crippen LogP contribution in [0.2, 0.25) is 0 Å². The number of carbonyl (C=O) groups is 1. The molecule has 0 saturated carbocycles. The zero-order valence-electron chi connectivity index (χ0n) is 16.0. The first kappa shape index (κ1) is 21.3. The molecule has 0 atom stereocenters. The quantitative estimate of drug-likeness (QED) is 0.482. The van der Waals surface area contributed by atoms with Crippen LogP contribution < -0.4 is 4.31 Å². The number of ether oxygens (including phenoxy) is 1. The first-order valence-corrected chi connectivity index (χ1v) is 11.4. The zero-order chi connectivity index (χ0) is 20.0. The Morgan fingerprint density at radius 2 is 1.67 bits per heavy atom. The van der Waals surface area contributed by atoms with E-state index in [2.05, 4.69) is 13.8 Å². The molecule has 2 rings (SSSR count). The van der Waals surface area contributed by atoms with Crippen LogP contribution in [0.15, 0.2) is 58.3 Å². The Labute approximate surface area is 165 Å². The highest BCUT2D eigenvalue weighted by Crippen LogP contribution is 2.27. The Morgan fingerprint density at radius 3 is 2.15 bits per heavy atom. The van der Waals surface area contributed by atoms with Crippen molar-refractivity contribution in [2.45, 2.75) is 36.5 Å². The fourth-order valence-electron chi connectivity index (χ4n) is 2.54. The van der Waals surface area contributed by atoms with Crippen molar-refractivity contribution >= 4 is 33.4 Å². The molecule has 0 aliphatic carbocycles. The minimum Gasteiger partial charge on any atom is -0.465 e. The predicted molar refractivity (Wildman–Crippen MR) is 110 cm³/mol. The number of hydrogen-bond donors (Lipinski definition) is 0. The molecule has 0 spiro atoms. The molecule has 0 radical (unpaired) electrons. The summed E-state index contributed by atoms with van der Waals surface area (Å²) in [5, 5.41) is 0. The van der Waals surface area contributed by atoms with Crippen LogP contribution >= 0.6 is 11.8 Å². The molecule has 0 saturated heterocycles. The molecule has 0 amide bonds. The van der Waals surface area contributed by atoms with Gasteiger partial charge in [-0.15, -0.1) is 11.8 Å². The monoisotopic (exact) mass is 407 g/mol. The van der Waals surface area contributed by atoms with Gasteiger partial charge in [0.25, 0.3) is 10.0 Å². The van der Waals surface area contributed by atoms with Crippen LogP contribution in [0.1, 0.15) is 32.3 Å². The highest BCUT2D eigenvalue weighted by Gasteiger charge is 2.27. The number of anilines is 1. The van der Waals surface area contributed by atoms with Crippen molar-refractivity contribution in [3.8, 4) is 0 Å². The second kappa shape index (κ2) is 9.28. The molecule has 0 aliphatic heterocycles. The van der Waals surface area contributed by atoms with Crippen molar-refractivity contribution in [1.82, 2.24) is 0 Å². The van der Waals surface area contributed by atoms with E-state index in [1.165, 1.54) is 11.8 Å². The molecule has 2 aromatic rings. The maximum atomic E-state index is 13.2. The van der Waals surface area contributed by atoms with E-state index in [1.54, 1.807) is 43.3 Å². The van der Waals surface area contributed by atoms with Crippen molar-refractivity contribution < 1.29 is 17.9 Å². The average Bonchev–Trinajstić information content (AvgIpc) is 2.66. The van der Waals surface area contributed by atoms with Gasteiger partial charge in [0.05, 0.1) is 17.2 Å². The van der Waals surface area contributed by atoms with Gasteiger partial charge in [-0.1, -0.05) is 26.0 Å². The van der Waals surface area contributed by atoms with Crippen LogP contribution in [0.25, 0.3) is 0 Å². The number of thioether (sulfide) groups is 1. The van der Waals surface area contributed by atoms with Crippen LogP contribution in [0.4, 0.5) is 5.69 Å². The largest absolute Gasteiger partial charge is 0.465 e. The molecule has 146 valence electrons. The van der Waals surface area contributed by atoms with E-state index >= 15 is 0 Å². The molecule has 2 aromatic carbocycles. The maximum Gasteiger partial charge on any atom is 0.326 e. The zero-order valence-corrected chi connectivity index (χ0v) is 17.6. The number of hydrogen-bond acceptors (Lipinski definition) is 5. The van der Waals surface area contributed by atoms with E-state index in [9.17, 15) is 13.2 Å². The lowest BCUT2D eigenvalue weighted by Gasteiger charge is -2.24. The smallest absolute Gasteiger partial charge is 0.326 e. The predicted octanol–water partition coefficient (Wildman–Crippen LogP) is 4.29. The average molecular weight is 408 g/mol. The van der Waals surface area contributed by atoms with Gasteiger partial charge in [0.2, 0.25) is 0 Å². The van der Waals surface area contributed by atoms with Gasteiger partial charge in [0.1, 0.15) is 6.54 Å². The van der Waals surface area contributed by atoms with E-state index in [0.29, 0.717) is 11.6 Å². The van der Waals surface area contributed by atoms with E-state index in [4.69, 9.17) is 4.74 Å². The lowest BCUT2D eigenvalue weighted by Crippen LogP contribution is -2.36. The van der Waals surface area contributed by atoms with Crippen LogP contribution in [0, 0.1) is 0 Å². The third kappa shape index (κ3) is 5.26. The summed E-state index contributed by atoms with van der Waals surface area (Å²) >= 11 is 1.53. The molecule has 0 aliphatic rings. The fourth-order valence-corrected chi connectivity index (χ4v) is 4.36. The topological polar surface area (TPSA) is 63.7 Å². The Bertz CT molecular complexity index is 860. The van der Waals surface area contributed by atoms with Crippen LogP contribution in [-0.2, 0) is 19.6 Å². The summed E-state index contributed by atoms with van der Waals surface area (Å²) in [6, 6.07) is 13.8. The summed E-state index contributed by atoms with van der Waals surface area (Å²) < 4.78 is 32.5. The second-order valence-corrected chi connectivity index (χ2v) is 8.98. The van der Waals surface area contributed by atoms with Gasteiger partial charge >= 0.3 is 5.97 Å². The highest BCUT2D eigenvalue weighted by molar-refractivity contribution is 7.98. The standard InChI is InChI=1S/C20H25NO4S2/c1-5-25-20(22)14-21(17-8-6-16(7-9-17)15(2)3)27(23,24)19-12-10-18(26-4)11-13-19/h6-13,15H,5,14H2,1-4H3. The molecule has 0 aromatic heterocycles. The summed E-state index contributed by atoms with van der Waals surface area (Å²) in [6.45, 7) is 5.64. The van der Waals surface area contributed by atoms with Crippen LogP contribution in [-0.4, -0.2) is 33.8 Å². The molecule has 7 heteroatoms. The third-order valence-corrected chi connectivity index (χ3v) is 6.60. The molecule has 5 nitrogen and oxygen atoms in total. The molecule has 0 unspecified atom stereocenters. The Balaban J connectivity index is 2.45. The number of sulfonamides is 1. The highest BCUT2D eigenvalue weighted by atomic mass is 32.2. The van der Waals surface area contributed by atoms with E-state index in [0.717, 1.165) is 14.8 Å². The molecule has 0 fully saturated rings. The molecule has 0 bridgehead atoms. The van der Waals surface area contributed by atoms with Gasteiger partial charge in [-0.25, -0.2) is 8.42 Å². The lowest BCUT2D eigenvalue weighted by atomic mass is 10.0. The Hall–Kier alpha value is -1.99. The maximum absolute atomic E-state index is 13.2. The fraction of sp³-hybridized carbons (Fsp3) is 0.350. The number of nitrogens with zero attached hydrogens (tertiary/aromatic N) is 1. The van der Waals surface area contributed by atoms with E-state index in [1.807, 2.05) is 18.4 Å². The van der Waals surface area contributed by atoms with Gasteiger partial charge < -0.3 is 4.74 Å². The Morgan fingerprint density at radius 1 is 1.07 bits per heavy atom. The minimum absolute atomic E-state index is 0.137. The molecular formula is C20H25NO4S2. The summed E-state index contributed by atoms with van der Waals surface area (Å²) in [5.74, 6) is -0.261. The van der Waals surface area contributed by atoms with Gasteiger partial charge in [-0.2, -0.15) is 0 Å². The van der Waals surface area contributed by atoms with Gasteiger partial charge in [-0.05, 0) is 61.1 Å². The second-order valence-electron chi connectivity index (χ2n) is 6.24. The Kier molecular flexibility index (Phi) is 7.33. The molecule has 27 heavy (non-hydrogen) atoms. The van der Waals surface area contributed by atoms with Crippen LogP contribution in [0.5, 0.6) is 0 Å². The lowest BCUT2D eigenvalue weighted by molar-refractivity contribution is -0.141. The van der Waals surface area contributed by atoms with Crippen molar-refractivity contribution in [1.29, 1.82) is 0 Å². The summed E-state index contributed by atoms with van der Waals surface area (Å²) in [7, 11) is -3.90. The normalized spacial score (nSPS) is 11.4. The first-order valence-electron chi connectivity index (χ1n) is 8.72.